The molecule has 0 bridgehead atoms. The van der Waals surface area contributed by atoms with Crippen molar-refractivity contribution in [2.24, 2.45) is 0 Å². The van der Waals surface area contributed by atoms with Gasteiger partial charge in [-0.2, -0.15) is 0 Å². The van der Waals surface area contributed by atoms with E-state index in [-0.39, 0.29) is 11.8 Å². The minimum Gasteiger partial charge on any atom is -0.497 e. The molecule has 0 atom stereocenters. The highest BCUT2D eigenvalue weighted by Crippen LogP contribution is 2.33. The summed E-state index contributed by atoms with van der Waals surface area (Å²) in [5.41, 5.74) is 3.70. The lowest BCUT2D eigenvalue weighted by Gasteiger charge is -2.24. The number of fused-ring (bicyclic) bond motifs is 2. The molecule has 2 aromatic heterocycles. The number of rotatable bonds is 5. The van der Waals surface area contributed by atoms with Crippen LogP contribution in [0, 0.1) is 0 Å². The summed E-state index contributed by atoms with van der Waals surface area (Å²) in [6.07, 6.45) is -1.37. The number of benzene rings is 2. The molecule has 0 saturated carbocycles. The lowest BCUT2D eigenvalue weighted by molar-refractivity contribution is 0.144. The van der Waals surface area contributed by atoms with Gasteiger partial charge in [-0.15, -0.1) is 0 Å². The van der Waals surface area contributed by atoms with Gasteiger partial charge in [0.1, 0.15) is 17.2 Å². The Morgan fingerprint density at radius 2 is 1.83 bits per heavy atom. The standard InChI is InChI=1S/C22H22N4O4/c1-12(2)26(3)21-20(19-10-13-9-14(29-4)5-7-16(13)23-19)24-17-8-6-15(30-22(27)28)11-18(17)25-21/h5-12,23H,1-4H3,(H,27,28). The molecule has 0 amide bonds. The number of hydrogen-bond donors (Lipinski definition) is 2. The normalized spacial score (nSPS) is 11.2. The van der Waals surface area contributed by atoms with Crippen molar-refractivity contribution < 1.29 is 19.4 Å². The zero-order valence-electron chi connectivity index (χ0n) is 17.1. The van der Waals surface area contributed by atoms with Crippen LogP contribution in [0.25, 0.3) is 33.3 Å². The summed E-state index contributed by atoms with van der Waals surface area (Å²) < 4.78 is 10.1. The number of hydrogen-bond acceptors (Lipinski definition) is 6. The van der Waals surface area contributed by atoms with Crippen LogP contribution < -0.4 is 14.4 Å². The van der Waals surface area contributed by atoms with E-state index in [1.54, 1.807) is 25.3 Å². The second-order valence-corrected chi connectivity index (χ2v) is 7.26. The quantitative estimate of drug-likeness (QED) is 0.366. The van der Waals surface area contributed by atoms with Crippen molar-refractivity contribution in [2.75, 3.05) is 19.1 Å². The first-order valence-electron chi connectivity index (χ1n) is 9.48. The van der Waals surface area contributed by atoms with Crippen molar-refractivity contribution in [1.82, 2.24) is 15.0 Å². The van der Waals surface area contributed by atoms with Crippen molar-refractivity contribution in [2.45, 2.75) is 19.9 Å². The maximum atomic E-state index is 10.9. The third-order valence-corrected chi connectivity index (χ3v) is 5.01. The zero-order valence-corrected chi connectivity index (χ0v) is 17.1. The van der Waals surface area contributed by atoms with Crippen LogP contribution in [0.3, 0.4) is 0 Å². The van der Waals surface area contributed by atoms with E-state index in [1.165, 1.54) is 0 Å². The Balaban J connectivity index is 1.90. The minimum absolute atomic E-state index is 0.179. The summed E-state index contributed by atoms with van der Waals surface area (Å²) in [6, 6.07) is 12.9. The third kappa shape index (κ3) is 3.59. The van der Waals surface area contributed by atoms with Gasteiger partial charge in [0.25, 0.3) is 0 Å². The molecule has 8 nitrogen and oxygen atoms in total. The highest BCUT2D eigenvalue weighted by molar-refractivity contribution is 5.90. The Bertz CT molecular complexity index is 1250. The summed E-state index contributed by atoms with van der Waals surface area (Å²) in [5, 5.41) is 9.88. The van der Waals surface area contributed by atoms with Crippen LogP contribution in [0.4, 0.5) is 10.6 Å². The third-order valence-electron chi connectivity index (χ3n) is 5.01. The summed E-state index contributed by atoms with van der Waals surface area (Å²) in [7, 11) is 3.59. The molecule has 0 aliphatic carbocycles. The average molecular weight is 406 g/mol. The largest absolute Gasteiger partial charge is 0.511 e. The maximum absolute atomic E-state index is 10.9. The zero-order chi connectivity index (χ0) is 21.4. The summed E-state index contributed by atoms with van der Waals surface area (Å²) in [6.45, 7) is 4.13. The average Bonchev–Trinajstić information content (AvgIpc) is 3.14. The first kappa shape index (κ1) is 19.5. The fraction of sp³-hybridized carbons (Fsp3) is 0.227. The van der Waals surface area contributed by atoms with E-state index in [4.69, 9.17) is 24.5 Å². The number of nitrogens with zero attached hydrogens (tertiary/aromatic N) is 3. The Kier molecular flexibility index (Phi) is 4.91. The molecule has 0 fully saturated rings. The van der Waals surface area contributed by atoms with Gasteiger partial charge >= 0.3 is 6.16 Å². The van der Waals surface area contributed by atoms with Crippen LogP contribution in [0.15, 0.2) is 42.5 Å². The van der Waals surface area contributed by atoms with Gasteiger partial charge in [0.05, 0.1) is 23.8 Å². The molecule has 0 radical (unpaired) electrons. The second kappa shape index (κ2) is 7.55. The second-order valence-electron chi connectivity index (χ2n) is 7.26. The van der Waals surface area contributed by atoms with Crippen LogP contribution in [0.2, 0.25) is 0 Å². The molecule has 0 aliphatic heterocycles. The van der Waals surface area contributed by atoms with Crippen LogP contribution >= 0.6 is 0 Å². The molecule has 4 rings (SSSR count). The number of aromatic amines is 1. The maximum Gasteiger partial charge on any atom is 0.511 e. The van der Waals surface area contributed by atoms with Gasteiger partial charge in [0.2, 0.25) is 0 Å². The van der Waals surface area contributed by atoms with Crippen LogP contribution in [-0.4, -0.2) is 46.4 Å². The number of nitrogens with one attached hydrogen (secondary N) is 1. The summed E-state index contributed by atoms with van der Waals surface area (Å²) in [5.74, 6) is 1.67. The molecule has 0 aliphatic rings. The van der Waals surface area contributed by atoms with E-state index in [1.807, 2.05) is 36.2 Å². The van der Waals surface area contributed by atoms with E-state index >= 15 is 0 Å². The first-order valence-corrected chi connectivity index (χ1v) is 9.48. The molecule has 0 saturated heterocycles. The molecule has 2 aromatic carbocycles. The van der Waals surface area contributed by atoms with Crippen molar-refractivity contribution in [1.29, 1.82) is 0 Å². The van der Waals surface area contributed by atoms with E-state index in [9.17, 15) is 4.79 Å². The van der Waals surface area contributed by atoms with Gasteiger partial charge in [0, 0.05) is 30.1 Å². The van der Waals surface area contributed by atoms with E-state index in [0.717, 1.165) is 22.3 Å². The molecule has 2 heterocycles. The van der Waals surface area contributed by atoms with E-state index < -0.39 is 6.16 Å². The summed E-state index contributed by atoms with van der Waals surface area (Å²) in [4.78, 5) is 25.9. The number of aromatic nitrogens is 3. The van der Waals surface area contributed by atoms with Crippen molar-refractivity contribution in [3.8, 4) is 22.9 Å². The van der Waals surface area contributed by atoms with E-state index in [0.29, 0.717) is 22.5 Å². The lowest BCUT2D eigenvalue weighted by Crippen LogP contribution is -2.27. The topological polar surface area (TPSA) is 101 Å². The molecule has 0 unspecified atom stereocenters. The Morgan fingerprint density at radius 1 is 1.07 bits per heavy atom. The van der Waals surface area contributed by atoms with Gasteiger partial charge in [0.15, 0.2) is 5.82 Å². The first-order chi connectivity index (χ1) is 14.4. The van der Waals surface area contributed by atoms with E-state index in [2.05, 4.69) is 18.8 Å². The van der Waals surface area contributed by atoms with Gasteiger partial charge in [-0.3, -0.25) is 0 Å². The smallest absolute Gasteiger partial charge is 0.497 e. The SMILES string of the molecule is COc1ccc2[nH]c(-c3nc4ccc(OC(=O)O)cc4nc3N(C)C(C)C)cc2c1. The predicted octanol–water partition coefficient (Wildman–Crippen LogP) is 4.69. The minimum atomic E-state index is -1.37. The van der Waals surface area contributed by atoms with Gasteiger partial charge in [-0.25, -0.2) is 14.8 Å². The van der Waals surface area contributed by atoms with Gasteiger partial charge in [-0.1, -0.05) is 0 Å². The molecular formula is C22H22N4O4. The number of carboxylic acid groups (broad SMARTS) is 1. The molecular weight excluding hydrogens is 384 g/mol. The van der Waals surface area contributed by atoms with Crippen LogP contribution in [0.5, 0.6) is 11.5 Å². The Morgan fingerprint density at radius 3 is 2.53 bits per heavy atom. The number of carbonyl (C=O) groups is 1. The highest BCUT2D eigenvalue weighted by Gasteiger charge is 2.19. The van der Waals surface area contributed by atoms with Crippen molar-refractivity contribution in [3.05, 3.63) is 42.5 Å². The van der Waals surface area contributed by atoms with Crippen LogP contribution in [0.1, 0.15) is 13.8 Å². The molecule has 4 aromatic rings. The van der Waals surface area contributed by atoms with Crippen molar-refractivity contribution >= 4 is 33.9 Å². The van der Waals surface area contributed by atoms with Gasteiger partial charge in [-0.05, 0) is 50.2 Å². The molecule has 0 spiro atoms. The predicted molar refractivity (Wildman–Crippen MR) is 116 cm³/mol. The van der Waals surface area contributed by atoms with Crippen molar-refractivity contribution in [3.63, 3.8) is 0 Å². The van der Waals surface area contributed by atoms with Gasteiger partial charge < -0.3 is 24.5 Å². The Hall–Kier alpha value is -3.81. The van der Waals surface area contributed by atoms with Crippen LogP contribution in [-0.2, 0) is 0 Å². The fourth-order valence-electron chi connectivity index (χ4n) is 3.23. The number of H-pyrrole nitrogens is 1. The molecule has 30 heavy (non-hydrogen) atoms. The Labute approximate surface area is 173 Å². The number of anilines is 1. The lowest BCUT2D eigenvalue weighted by atomic mass is 10.2. The fourth-order valence-corrected chi connectivity index (χ4v) is 3.23. The molecule has 8 heteroatoms. The summed E-state index contributed by atoms with van der Waals surface area (Å²) >= 11 is 0. The highest BCUT2D eigenvalue weighted by atomic mass is 16.7. The number of methoxy groups -OCH3 is 1. The molecule has 154 valence electrons. The monoisotopic (exact) mass is 406 g/mol. The molecule has 2 N–H and O–H groups in total. The number of ether oxygens (including phenoxy) is 2.